The maximum absolute atomic E-state index is 11.0. The number of para-hydroxylation sites is 1. The number of hydrogen-bond donors (Lipinski definition) is 2. The Morgan fingerprint density at radius 2 is 2.07 bits per heavy atom. The topological polar surface area (TPSA) is 70.6 Å². The molecule has 0 spiro atoms. The SMILES string of the molecule is O=NC(=O)C1=CCc2ccccc2NN1. The third-order valence-corrected chi connectivity index (χ3v) is 2.19. The van der Waals surface area contributed by atoms with Gasteiger partial charge in [0.1, 0.15) is 5.70 Å². The van der Waals surface area contributed by atoms with Crippen molar-refractivity contribution in [3.05, 3.63) is 46.5 Å². The fraction of sp³-hybridized carbons (Fsp3) is 0.100. The molecule has 5 heteroatoms. The summed E-state index contributed by atoms with van der Waals surface area (Å²) in [6.07, 6.45) is 2.23. The van der Waals surface area contributed by atoms with Gasteiger partial charge in [0.25, 0.3) is 0 Å². The van der Waals surface area contributed by atoms with Crippen LogP contribution in [0.3, 0.4) is 0 Å². The van der Waals surface area contributed by atoms with E-state index >= 15 is 0 Å². The summed E-state index contributed by atoms with van der Waals surface area (Å²) >= 11 is 0. The summed E-state index contributed by atoms with van der Waals surface area (Å²) in [6, 6.07) is 7.64. The second-order valence-electron chi connectivity index (χ2n) is 3.13. The van der Waals surface area contributed by atoms with Crippen LogP contribution in [0, 0.1) is 4.91 Å². The first-order valence-corrected chi connectivity index (χ1v) is 4.49. The molecule has 1 heterocycles. The highest BCUT2D eigenvalue weighted by molar-refractivity contribution is 5.93. The Balaban J connectivity index is 2.25. The van der Waals surface area contributed by atoms with Crippen molar-refractivity contribution in [2.45, 2.75) is 6.42 Å². The zero-order chi connectivity index (χ0) is 10.7. The molecule has 5 nitrogen and oxygen atoms in total. The van der Waals surface area contributed by atoms with Gasteiger partial charge >= 0.3 is 5.91 Å². The smallest absolute Gasteiger partial charge is 0.300 e. The van der Waals surface area contributed by atoms with Crippen LogP contribution in [0.4, 0.5) is 5.69 Å². The minimum Gasteiger partial charge on any atom is -0.300 e. The molecule has 0 atom stereocenters. The molecular formula is C10H9N3O2. The van der Waals surface area contributed by atoms with Gasteiger partial charge in [-0.05, 0) is 24.1 Å². The Kier molecular flexibility index (Phi) is 2.45. The molecule has 0 saturated heterocycles. The number of anilines is 1. The molecule has 1 aromatic carbocycles. The molecule has 0 unspecified atom stereocenters. The van der Waals surface area contributed by atoms with E-state index in [1.54, 1.807) is 6.08 Å². The number of nitroso groups, excluding NO2 is 1. The van der Waals surface area contributed by atoms with Crippen molar-refractivity contribution >= 4 is 11.6 Å². The van der Waals surface area contributed by atoms with Gasteiger partial charge in [-0.1, -0.05) is 18.2 Å². The van der Waals surface area contributed by atoms with Crippen molar-refractivity contribution in [1.82, 2.24) is 5.43 Å². The van der Waals surface area contributed by atoms with Crippen molar-refractivity contribution in [2.24, 2.45) is 5.18 Å². The first-order valence-electron chi connectivity index (χ1n) is 4.49. The van der Waals surface area contributed by atoms with E-state index in [-0.39, 0.29) is 5.70 Å². The van der Waals surface area contributed by atoms with Crippen LogP contribution in [0.1, 0.15) is 5.56 Å². The predicted molar refractivity (Wildman–Crippen MR) is 55.8 cm³/mol. The number of hydrazine groups is 1. The van der Waals surface area contributed by atoms with Gasteiger partial charge in [-0.3, -0.25) is 10.2 Å². The van der Waals surface area contributed by atoms with Crippen LogP contribution in [0.25, 0.3) is 0 Å². The first kappa shape index (κ1) is 9.39. The lowest BCUT2D eigenvalue weighted by atomic mass is 10.1. The summed E-state index contributed by atoms with van der Waals surface area (Å²) < 4.78 is 0. The van der Waals surface area contributed by atoms with Gasteiger partial charge in [-0.25, -0.2) is 0 Å². The fourth-order valence-electron chi connectivity index (χ4n) is 1.41. The Labute approximate surface area is 86.1 Å². The molecular weight excluding hydrogens is 194 g/mol. The van der Waals surface area contributed by atoms with Crippen LogP contribution in [-0.2, 0) is 11.2 Å². The van der Waals surface area contributed by atoms with E-state index in [9.17, 15) is 9.70 Å². The zero-order valence-corrected chi connectivity index (χ0v) is 7.86. The number of nitrogens with zero attached hydrogens (tertiary/aromatic N) is 1. The number of nitrogens with one attached hydrogen (secondary N) is 2. The largest absolute Gasteiger partial charge is 0.333 e. The van der Waals surface area contributed by atoms with E-state index in [0.29, 0.717) is 6.42 Å². The molecule has 0 aromatic heterocycles. The second kappa shape index (κ2) is 3.91. The van der Waals surface area contributed by atoms with Gasteiger partial charge in [0.2, 0.25) is 0 Å². The lowest BCUT2D eigenvalue weighted by Gasteiger charge is -2.08. The van der Waals surface area contributed by atoms with E-state index in [1.165, 1.54) is 0 Å². The lowest BCUT2D eigenvalue weighted by molar-refractivity contribution is -0.114. The highest BCUT2D eigenvalue weighted by atomic mass is 16.3. The van der Waals surface area contributed by atoms with Gasteiger partial charge in [0, 0.05) is 5.18 Å². The molecule has 0 aliphatic carbocycles. The highest BCUT2D eigenvalue weighted by Gasteiger charge is 2.13. The molecule has 2 N–H and O–H groups in total. The van der Waals surface area contributed by atoms with Crippen molar-refractivity contribution in [3.63, 3.8) is 0 Å². The summed E-state index contributed by atoms with van der Waals surface area (Å²) in [5, 5.41) is 2.36. The Hall–Kier alpha value is -2.17. The fourth-order valence-corrected chi connectivity index (χ4v) is 1.41. The zero-order valence-electron chi connectivity index (χ0n) is 7.86. The van der Waals surface area contributed by atoms with Gasteiger partial charge in [-0.2, -0.15) is 0 Å². The summed E-state index contributed by atoms with van der Waals surface area (Å²) in [6.45, 7) is 0. The molecule has 0 radical (unpaired) electrons. The molecule has 0 fully saturated rings. The van der Waals surface area contributed by atoms with Crippen LogP contribution in [0.5, 0.6) is 0 Å². The molecule has 1 amide bonds. The molecule has 0 saturated carbocycles. The average Bonchev–Trinajstić information content (AvgIpc) is 2.50. The van der Waals surface area contributed by atoms with Crippen LogP contribution in [0.15, 0.2) is 41.2 Å². The quantitative estimate of drug-likeness (QED) is 0.675. The van der Waals surface area contributed by atoms with Crippen LogP contribution >= 0.6 is 0 Å². The first-order chi connectivity index (χ1) is 7.31. The molecule has 15 heavy (non-hydrogen) atoms. The van der Waals surface area contributed by atoms with E-state index in [4.69, 9.17) is 0 Å². The van der Waals surface area contributed by atoms with Crippen molar-refractivity contribution < 1.29 is 4.79 Å². The molecule has 2 rings (SSSR count). The summed E-state index contributed by atoms with van der Waals surface area (Å²) in [7, 11) is 0. The number of rotatable bonds is 1. The summed E-state index contributed by atoms with van der Waals surface area (Å²) in [5.74, 6) is -0.796. The van der Waals surface area contributed by atoms with Gasteiger partial charge in [-0.15, -0.1) is 4.91 Å². The summed E-state index contributed by atoms with van der Waals surface area (Å²) in [4.78, 5) is 21.1. The van der Waals surface area contributed by atoms with E-state index in [0.717, 1.165) is 11.3 Å². The minimum atomic E-state index is -0.796. The molecule has 1 aliphatic heterocycles. The third-order valence-electron chi connectivity index (χ3n) is 2.19. The van der Waals surface area contributed by atoms with Crippen LogP contribution in [-0.4, -0.2) is 5.91 Å². The number of carbonyl (C=O) groups excluding carboxylic acids is 1. The second-order valence-corrected chi connectivity index (χ2v) is 3.13. The van der Waals surface area contributed by atoms with Crippen molar-refractivity contribution in [2.75, 3.05) is 5.43 Å². The third kappa shape index (κ3) is 1.85. The van der Waals surface area contributed by atoms with Crippen molar-refractivity contribution in [3.8, 4) is 0 Å². The Bertz CT molecular complexity index is 440. The van der Waals surface area contributed by atoms with Gasteiger partial charge < -0.3 is 5.43 Å². The number of hydrogen-bond acceptors (Lipinski definition) is 4. The molecule has 76 valence electrons. The van der Waals surface area contributed by atoms with Crippen molar-refractivity contribution in [1.29, 1.82) is 0 Å². The highest BCUT2D eigenvalue weighted by Crippen LogP contribution is 2.18. The number of carbonyl (C=O) groups is 1. The minimum absolute atomic E-state index is 0.182. The maximum Gasteiger partial charge on any atom is 0.333 e. The number of benzene rings is 1. The normalized spacial score (nSPS) is 13.7. The van der Waals surface area contributed by atoms with Crippen LogP contribution in [0.2, 0.25) is 0 Å². The lowest BCUT2D eigenvalue weighted by Crippen LogP contribution is -2.24. The Morgan fingerprint density at radius 3 is 2.87 bits per heavy atom. The number of allylic oxidation sites excluding steroid dienone is 1. The maximum atomic E-state index is 11.0. The van der Waals surface area contributed by atoms with Gasteiger partial charge in [0.05, 0.1) is 5.69 Å². The standard InChI is InChI=1S/C10H9N3O2/c14-10(13-15)9-6-5-7-3-1-2-4-8(7)11-12-9/h1-4,6,11-12H,5H2. The predicted octanol–water partition coefficient (Wildman–Crippen LogP) is 1.34. The number of amides is 1. The Morgan fingerprint density at radius 1 is 1.27 bits per heavy atom. The molecule has 0 bridgehead atoms. The van der Waals surface area contributed by atoms with E-state index in [2.05, 4.69) is 16.0 Å². The van der Waals surface area contributed by atoms with Crippen LogP contribution < -0.4 is 10.9 Å². The molecule has 1 aromatic rings. The summed E-state index contributed by atoms with van der Waals surface area (Å²) in [5.41, 5.74) is 7.64. The van der Waals surface area contributed by atoms with E-state index in [1.807, 2.05) is 24.3 Å². The van der Waals surface area contributed by atoms with E-state index < -0.39 is 5.91 Å². The monoisotopic (exact) mass is 203 g/mol. The number of fused-ring (bicyclic) bond motifs is 1. The average molecular weight is 203 g/mol. The van der Waals surface area contributed by atoms with Gasteiger partial charge in [0.15, 0.2) is 0 Å². The molecule has 1 aliphatic rings.